The highest BCUT2D eigenvalue weighted by Gasteiger charge is 2.06. The number of ether oxygens (including phenoxy) is 1. The maximum absolute atomic E-state index is 12.2. The van der Waals surface area contributed by atoms with Crippen LogP contribution in [0.3, 0.4) is 0 Å². The molecule has 0 aliphatic carbocycles. The highest BCUT2D eigenvalue weighted by molar-refractivity contribution is 5.89. The van der Waals surface area contributed by atoms with Crippen molar-refractivity contribution in [1.82, 2.24) is 0 Å². The number of esters is 1. The van der Waals surface area contributed by atoms with E-state index in [0.29, 0.717) is 17.9 Å². The van der Waals surface area contributed by atoms with E-state index in [2.05, 4.69) is 17.2 Å². The molecule has 0 saturated carbocycles. The Kier molecular flexibility index (Phi) is 13.0. The van der Waals surface area contributed by atoms with Crippen molar-refractivity contribution in [2.45, 2.75) is 84.0 Å². The fourth-order valence-electron chi connectivity index (χ4n) is 3.47. The van der Waals surface area contributed by atoms with E-state index in [-0.39, 0.29) is 5.97 Å². The van der Waals surface area contributed by atoms with E-state index in [0.717, 1.165) is 18.5 Å². The molecule has 0 spiro atoms. The Labute approximate surface area is 188 Å². The summed E-state index contributed by atoms with van der Waals surface area (Å²) in [5.74, 6) is -0.269. The highest BCUT2D eigenvalue weighted by Crippen LogP contribution is 2.19. The second kappa shape index (κ2) is 16.2. The summed E-state index contributed by atoms with van der Waals surface area (Å²) < 4.78 is 5.40. The molecular weight excluding hydrogens is 384 g/mol. The Hall–Kier alpha value is -2.49. The molecule has 0 radical (unpaired) electrons. The van der Waals surface area contributed by atoms with Gasteiger partial charge >= 0.3 is 5.97 Å². The molecule has 168 valence electrons. The van der Waals surface area contributed by atoms with Gasteiger partial charge in [-0.15, -0.1) is 0 Å². The van der Waals surface area contributed by atoms with Crippen LogP contribution in [0.15, 0.2) is 64.8 Å². The van der Waals surface area contributed by atoms with Gasteiger partial charge in [0.15, 0.2) is 0 Å². The lowest BCUT2D eigenvalue weighted by Crippen LogP contribution is -2.06. The fourth-order valence-corrected chi connectivity index (χ4v) is 3.47. The van der Waals surface area contributed by atoms with Gasteiger partial charge in [0.05, 0.1) is 23.5 Å². The van der Waals surface area contributed by atoms with E-state index >= 15 is 0 Å². The number of carbonyl (C=O) groups is 1. The van der Waals surface area contributed by atoms with E-state index in [4.69, 9.17) is 4.74 Å². The molecule has 0 N–H and O–H groups in total. The van der Waals surface area contributed by atoms with Crippen molar-refractivity contribution in [1.29, 1.82) is 0 Å². The first kappa shape index (κ1) is 24.8. The van der Waals surface area contributed by atoms with Gasteiger partial charge in [0.25, 0.3) is 0 Å². The number of unbranched alkanes of at least 4 members (excludes halogenated alkanes) is 11. The third-order valence-corrected chi connectivity index (χ3v) is 5.37. The fraction of sp³-hybridized carbons (Fsp3) is 0.519. The first-order chi connectivity index (χ1) is 15.3. The molecule has 0 bridgehead atoms. The first-order valence-corrected chi connectivity index (χ1v) is 12.0. The van der Waals surface area contributed by atoms with Gasteiger partial charge in [-0.1, -0.05) is 95.8 Å². The van der Waals surface area contributed by atoms with Crippen molar-refractivity contribution in [3.05, 3.63) is 60.2 Å². The van der Waals surface area contributed by atoms with Gasteiger partial charge < -0.3 is 4.74 Å². The van der Waals surface area contributed by atoms with Crippen LogP contribution in [-0.2, 0) is 4.74 Å². The molecule has 4 nitrogen and oxygen atoms in total. The van der Waals surface area contributed by atoms with Crippen LogP contribution >= 0.6 is 0 Å². The van der Waals surface area contributed by atoms with Crippen LogP contribution in [0.4, 0.5) is 11.4 Å². The summed E-state index contributed by atoms with van der Waals surface area (Å²) in [5, 5.41) is 8.37. The Balaban J connectivity index is 1.50. The number of rotatable bonds is 16. The van der Waals surface area contributed by atoms with E-state index < -0.39 is 0 Å². The van der Waals surface area contributed by atoms with Crippen LogP contribution < -0.4 is 0 Å². The van der Waals surface area contributed by atoms with Crippen molar-refractivity contribution in [2.75, 3.05) is 6.61 Å². The van der Waals surface area contributed by atoms with Crippen molar-refractivity contribution in [3.8, 4) is 0 Å². The Morgan fingerprint density at radius 3 is 1.68 bits per heavy atom. The highest BCUT2D eigenvalue weighted by atomic mass is 16.5. The van der Waals surface area contributed by atoms with Gasteiger partial charge in [0.1, 0.15) is 0 Å². The quantitative estimate of drug-likeness (QED) is 0.154. The zero-order valence-corrected chi connectivity index (χ0v) is 19.1. The van der Waals surface area contributed by atoms with Crippen LogP contribution in [0.1, 0.15) is 94.3 Å². The minimum atomic E-state index is -0.269. The van der Waals surface area contributed by atoms with E-state index in [1.807, 2.05) is 30.3 Å². The van der Waals surface area contributed by atoms with E-state index in [9.17, 15) is 4.79 Å². The van der Waals surface area contributed by atoms with Gasteiger partial charge in [-0.2, -0.15) is 10.2 Å². The summed E-state index contributed by atoms with van der Waals surface area (Å²) in [6.45, 7) is 2.76. The molecule has 31 heavy (non-hydrogen) atoms. The monoisotopic (exact) mass is 422 g/mol. The normalized spacial score (nSPS) is 11.1. The maximum Gasteiger partial charge on any atom is 0.338 e. The zero-order chi connectivity index (χ0) is 22.0. The molecule has 0 heterocycles. The predicted molar refractivity (Wildman–Crippen MR) is 128 cm³/mol. The number of hydrogen-bond donors (Lipinski definition) is 0. The summed E-state index contributed by atoms with van der Waals surface area (Å²) in [4.78, 5) is 12.2. The summed E-state index contributed by atoms with van der Waals surface area (Å²) >= 11 is 0. The van der Waals surface area contributed by atoms with Crippen molar-refractivity contribution in [2.24, 2.45) is 10.2 Å². The first-order valence-electron chi connectivity index (χ1n) is 12.0. The zero-order valence-electron chi connectivity index (χ0n) is 19.1. The standard InChI is InChI=1S/C27H38N2O2/c1-2-3-4-5-6-7-8-9-10-11-12-16-23-31-27(30)24-19-21-26(22-20-24)29-28-25-17-14-13-15-18-25/h13-15,17-22H,2-12,16,23H2,1H3. The molecule has 0 amide bonds. The second-order valence-corrected chi connectivity index (χ2v) is 8.11. The molecule has 0 aromatic heterocycles. The van der Waals surface area contributed by atoms with E-state index in [1.54, 1.807) is 24.3 Å². The summed E-state index contributed by atoms with van der Waals surface area (Å²) in [5.41, 5.74) is 2.06. The average molecular weight is 423 g/mol. The molecule has 4 heteroatoms. The van der Waals surface area contributed by atoms with Crippen LogP contribution in [0, 0.1) is 0 Å². The molecule has 0 aliphatic rings. The van der Waals surface area contributed by atoms with Gasteiger partial charge in [0.2, 0.25) is 0 Å². The Morgan fingerprint density at radius 1 is 0.645 bits per heavy atom. The summed E-state index contributed by atoms with van der Waals surface area (Å²) in [6, 6.07) is 16.6. The predicted octanol–water partition coefficient (Wildman–Crippen LogP) is 8.96. The van der Waals surface area contributed by atoms with Crippen molar-refractivity contribution < 1.29 is 9.53 Å². The van der Waals surface area contributed by atoms with Crippen molar-refractivity contribution in [3.63, 3.8) is 0 Å². The van der Waals surface area contributed by atoms with Crippen LogP contribution in [0.2, 0.25) is 0 Å². The molecule has 0 fully saturated rings. The molecule has 2 aromatic carbocycles. The molecule has 0 saturated heterocycles. The lowest BCUT2D eigenvalue weighted by Gasteiger charge is -2.05. The Morgan fingerprint density at radius 2 is 1.13 bits per heavy atom. The number of azo groups is 1. The molecule has 0 unspecified atom stereocenters. The topological polar surface area (TPSA) is 51.0 Å². The minimum absolute atomic E-state index is 0.269. The smallest absolute Gasteiger partial charge is 0.338 e. The van der Waals surface area contributed by atoms with Crippen LogP contribution in [-0.4, -0.2) is 12.6 Å². The molecule has 0 aliphatic heterocycles. The lowest BCUT2D eigenvalue weighted by atomic mass is 10.1. The third kappa shape index (κ3) is 11.5. The Bertz CT molecular complexity index is 742. The van der Waals surface area contributed by atoms with Crippen LogP contribution in [0.5, 0.6) is 0 Å². The van der Waals surface area contributed by atoms with Crippen LogP contribution in [0.25, 0.3) is 0 Å². The van der Waals surface area contributed by atoms with Crippen molar-refractivity contribution >= 4 is 17.3 Å². The third-order valence-electron chi connectivity index (χ3n) is 5.37. The van der Waals surface area contributed by atoms with Gasteiger partial charge in [0, 0.05) is 0 Å². The number of hydrogen-bond acceptors (Lipinski definition) is 4. The molecule has 0 atom stereocenters. The number of nitrogens with zero attached hydrogens (tertiary/aromatic N) is 2. The maximum atomic E-state index is 12.2. The lowest BCUT2D eigenvalue weighted by molar-refractivity contribution is 0.0497. The molecular formula is C27H38N2O2. The summed E-state index contributed by atoms with van der Waals surface area (Å²) in [7, 11) is 0. The summed E-state index contributed by atoms with van der Waals surface area (Å²) in [6.07, 6.45) is 15.6. The minimum Gasteiger partial charge on any atom is -0.462 e. The SMILES string of the molecule is CCCCCCCCCCCCCCOC(=O)c1ccc(N=Nc2ccccc2)cc1. The molecule has 2 rings (SSSR count). The average Bonchev–Trinajstić information content (AvgIpc) is 2.81. The number of carbonyl (C=O) groups excluding carboxylic acids is 1. The van der Waals surface area contributed by atoms with Gasteiger partial charge in [-0.25, -0.2) is 4.79 Å². The second-order valence-electron chi connectivity index (χ2n) is 8.11. The molecule has 2 aromatic rings. The largest absolute Gasteiger partial charge is 0.462 e. The van der Waals surface area contributed by atoms with Gasteiger partial charge in [-0.05, 0) is 42.8 Å². The van der Waals surface area contributed by atoms with E-state index in [1.165, 1.54) is 64.2 Å². The number of benzene rings is 2. The van der Waals surface area contributed by atoms with Gasteiger partial charge in [-0.3, -0.25) is 0 Å².